The quantitative estimate of drug-likeness (QED) is 0.410. The Morgan fingerprint density at radius 2 is 1.91 bits per heavy atom. The van der Waals surface area contributed by atoms with Crippen LogP contribution in [0.25, 0.3) is 5.70 Å². The third-order valence-electron chi connectivity index (χ3n) is 5.09. The average Bonchev–Trinajstić information content (AvgIpc) is 2.78. The first-order valence-corrected chi connectivity index (χ1v) is 11.3. The van der Waals surface area contributed by atoms with E-state index in [1.54, 1.807) is 24.3 Å². The minimum absolute atomic E-state index is 0.200. The number of thioether (sulfide) groups is 1. The fraction of sp³-hybridized carbons (Fsp3) is 0.292. The van der Waals surface area contributed by atoms with Crippen LogP contribution in [0.3, 0.4) is 0 Å². The summed E-state index contributed by atoms with van der Waals surface area (Å²) in [7, 11) is 0. The van der Waals surface area contributed by atoms with Gasteiger partial charge in [-0.25, -0.2) is 9.79 Å². The van der Waals surface area contributed by atoms with Crippen LogP contribution in [-0.4, -0.2) is 34.4 Å². The van der Waals surface area contributed by atoms with Crippen molar-refractivity contribution in [2.45, 2.75) is 33.0 Å². The van der Waals surface area contributed by atoms with Gasteiger partial charge in [0.25, 0.3) is 0 Å². The first-order valence-electron chi connectivity index (χ1n) is 10.3. The topological polar surface area (TPSA) is 65.7 Å². The molecule has 0 radical (unpaired) electrons. The number of esters is 1. The number of hydrogen-bond acceptors (Lipinski definition) is 6. The highest BCUT2D eigenvalue weighted by molar-refractivity contribution is 8.13. The van der Waals surface area contributed by atoms with Gasteiger partial charge in [0.1, 0.15) is 5.75 Å². The highest BCUT2D eigenvalue weighted by Gasteiger charge is 2.35. The van der Waals surface area contributed by atoms with Crippen LogP contribution in [0, 0.1) is 11.3 Å². The molecule has 172 valence electrons. The molecule has 0 bridgehead atoms. The molecule has 1 heterocycles. The van der Waals surface area contributed by atoms with E-state index in [1.165, 1.54) is 23.9 Å². The predicted octanol–water partition coefficient (Wildman–Crippen LogP) is 5.73. The molecule has 0 saturated carbocycles. The number of likely N-dealkylation sites (N-methyl/N-ethyl adjacent to an activating group) is 1. The summed E-state index contributed by atoms with van der Waals surface area (Å²) < 4.78 is 44.6. The molecule has 2 aromatic rings. The van der Waals surface area contributed by atoms with Crippen LogP contribution in [-0.2, 0) is 11.0 Å². The molecule has 0 saturated heterocycles. The van der Waals surface area contributed by atoms with E-state index in [9.17, 15) is 18.0 Å². The van der Waals surface area contributed by atoms with Crippen LogP contribution < -0.4 is 4.74 Å². The molecule has 0 aromatic heterocycles. The number of alkyl halides is 3. The van der Waals surface area contributed by atoms with Crippen molar-refractivity contribution < 1.29 is 22.7 Å². The number of hydrogen-bond donors (Lipinski definition) is 0. The van der Waals surface area contributed by atoms with Gasteiger partial charge in [-0.1, -0.05) is 36.9 Å². The lowest BCUT2D eigenvalue weighted by molar-refractivity contribution is -0.138. The van der Waals surface area contributed by atoms with E-state index in [0.29, 0.717) is 23.4 Å². The molecule has 0 fully saturated rings. The van der Waals surface area contributed by atoms with Gasteiger partial charge < -0.3 is 9.64 Å². The molecule has 0 aliphatic carbocycles. The van der Waals surface area contributed by atoms with Gasteiger partial charge in [-0.3, -0.25) is 0 Å². The van der Waals surface area contributed by atoms with Crippen molar-refractivity contribution in [3.05, 3.63) is 70.8 Å². The Balaban J connectivity index is 2.09. The fourth-order valence-electron chi connectivity index (χ4n) is 3.48. The second-order valence-electron chi connectivity index (χ2n) is 7.16. The molecule has 1 aliphatic rings. The minimum atomic E-state index is -4.55. The van der Waals surface area contributed by atoms with Crippen LogP contribution in [0.15, 0.2) is 59.1 Å². The second-order valence-corrected chi connectivity index (χ2v) is 8.39. The molecule has 0 N–H and O–H groups in total. The van der Waals surface area contributed by atoms with Crippen LogP contribution in [0.4, 0.5) is 13.2 Å². The van der Waals surface area contributed by atoms with Crippen molar-refractivity contribution >= 4 is 28.6 Å². The summed E-state index contributed by atoms with van der Waals surface area (Å²) in [6, 6.07) is 12.5. The third-order valence-corrected chi connectivity index (χ3v) is 5.96. The number of nitriles is 1. The molecule has 5 nitrogen and oxygen atoms in total. The molecule has 0 spiro atoms. The first-order chi connectivity index (χ1) is 15.7. The number of benzene rings is 2. The molecular formula is C24H22F3N3O2S. The number of carbonyl (C=O) groups excluding carboxylic acids is 1. The fourth-order valence-corrected chi connectivity index (χ4v) is 4.35. The number of rotatable bonds is 5. The predicted molar refractivity (Wildman–Crippen MR) is 123 cm³/mol. The molecular weight excluding hydrogens is 451 g/mol. The van der Waals surface area contributed by atoms with Crippen LogP contribution >= 0.6 is 11.8 Å². The number of amidine groups is 1. The maximum atomic E-state index is 13.3. The lowest BCUT2D eigenvalue weighted by Crippen LogP contribution is -2.43. The molecule has 0 amide bonds. The van der Waals surface area contributed by atoms with Crippen molar-refractivity contribution in [1.82, 2.24) is 4.90 Å². The van der Waals surface area contributed by atoms with E-state index in [2.05, 4.69) is 0 Å². The minimum Gasteiger partial charge on any atom is -0.423 e. The van der Waals surface area contributed by atoms with Gasteiger partial charge in [0.15, 0.2) is 5.17 Å². The highest BCUT2D eigenvalue weighted by Crippen LogP contribution is 2.35. The summed E-state index contributed by atoms with van der Waals surface area (Å²) in [6.07, 6.45) is -4.55. The zero-order valence-corrected chi connectivity index (χ0v) is 19.1. The number of aliphatic imine (C=N–C) groups is 1. The lowest BCUT2D eigenvalue weighted by atomic mass is 9.98. The van der Waals surface area contributed by atoms with E-state index in [4.69, 9.17) is 15.0 Å². The number of carbonyl (C=O) groups is 1. The second kappa shape index (κ2) is 10.1. The smallest absolute Gasteiger partial charge is 0.416 e. The van der Waals surface area contributed by atoms with Crippen molar-refractivity contribution in [2.75, 3.05) is 12.3 Å². The van der Waals surface area contributed by atoms with E-state index in [1.807, 2.05) is 31.7 Å². The highest BCUT2D eigenvalue weighted by atomic mass is 32.2. The molecule has 3 rings (SSSR count). The Morgan fingerprint density at radius 3 is 2.48 bits per heavy atom. The van der Waals surface area contributed by atoms with E-state index >= 15 is 0 Å². The maximum Gasteiger partial charge on any atom is 0.416 e. The van der Waals surface area contributed by atoms with Gasteiger partial charge in [0, 0.05) is 12.1 Å². The third kappa shape index (κ3) is 5.40. The Morgan fingerprint density at radius 1 is 1.21 bits per heavy atom. The first kappa shape index (κ1) is 24.4. The van der Waals surface area contributed by atoms with Gasteiger partial charge in [-0.05, 0) is 49.9 Å². The van der Waals surface area contributed by atoms with Crippen LogP contribution in [0.1, 0.15) is 37.5 Å². The summed E-state index contributed by atoms with van der Waals surface area (Å²) >= 11 is 1.53. The van der Waals surface area contributed by atoms with E-state index in [0.717, 1.165) is 23.1 Å². The normalized spacial score (nSPS) is 16.3. The monoisotopic (exact) mass is 473 g/mol. The number of ether oxygens (including phenoxy) is 1. The van der Waals surface area contributed by atoms with Crippen molar-refractivity contribution in [1.29, 1.82) is 5.26 Å². The van der Waals surface area contributed by atoms with Gasteiger partial charge in [-0.2, -0.15) is 18.4 Å². The van der Waals surface area contributed by atoms with Gasteiger partial charge in [0.2, 0.25) is 0 Å². The Bertz CT molecular complexity index is 1130. The standard InChI is InChI=1S/C24H22F3N3O2S/c1-4-30-15(3)20(22(31)32-19-8-6-7-18(13-19)24(25,26)27)21(29-23(30)33-5-2)17-11-9-16(14-28)10-12-17/h6-13,15H,4-5H2,1-3H3. The molecule has 1 aliphatic heterocycles. The molecule has 1 unspecified atom stereocenters. The number of halogens is 3. The number of nitrogens with zero attached hydrogens (tertiary/aromatic N) is 3. The van der Waals surface area contributed by atoms with Crippen LogP contribution in [0.2, 0.25) is 0 Å². The van der Waals surface area contributed by atoms with Crippen molar-refractivity contribution in [3.63, 3.8) is 0 Å². The van der Waals surface area contributed by atoms with Gasteiger partial charge in [0.05, 0.1) is 34.5 Å². The van der Waals surface area contributed by atoms with Crippen LogP contribution in [0.5, 0.6) is 5.75 Å². The molecule has 33 heavy (non-hydrogen) atoms. The largest absolute Gasteiger partial charge is 0.423 e. The zero-order valence-electron chi connectivity index (χ0n) is 18.3. The average molecular weight is 474 g/mol. The van der Waals surface area contributed by atoms with Gasteiger partial charge in [-0.15, -0.1) is 0 Å². The summed E-state index contributed by atoms with van der Waals surface area (Å²) in [5, 5.41) is 9.83. The molecule has 2 aromatic carbocycles. The molecule has 1 atom stereocenters. The summed E-state index contributed by atoms with van der Waals surface area (Å²) in [4.78, 5) is 19.9. The zero-order chi connectivity index (χ0) is 24.2. The van der Waals surface area contributed by atoms with Crippen molar-refractivity contribution in [2.24, 2.45) is 4.99 Å². The van der Waals surface area contributed by atoms with E-state index in [-0.39, 0.29) is 11.3 Å². The Kier molecular flexibility index (Phi) is 7.49. The Hall–Kier alpha value is -3.25. The summed E-state index contributed by atoms with van der Waals surface area (Å²) in [5.74, 6) is -0.203. The molecule has 9 heteroatoms. The SMILES string of the molecule is CCSC1=NC(c2ccc(C#N)cc2)=C(C(=O)Oc2cccc(C(F)(F)F)c2)C(C)N1CC. The maximum absolute atomic E-state index is 13.3. The van der Waals surface area contributed by atoms with Gasteiger partial charge >= 0.3 is 12.1 Å². The lowest BCUT2D eigenvalue weighted by Gasteiger charge is -2.35. The summed E-state index contributed by atoms with van der Waals surface area (Å²) in [6.45, 7) is 6.34. The van der Waals surface area contributed by atoms with E-state index < -0.39 is 23.8 Å². The van der Waals surface area contributed by atoms with Crippen molar-refractivity contribution in [3.8, 4) is 11.8 Å². The summed E-state index contributed by atoms with van der Waals surface area (Å²) in [5.41, 5.74) is 0.782. The Labute approximate surface area is 194 Å².